The van der Waals surface area contributed by atoms with Crippen LogP contribution >= 0.6 is 0 Å². The standard InChI is InChI=1S/C18H22N2O4/c1-13(24-17(23)14-8-4-5-9-15(14)21)16(22)20(2)18(12-19)10-6-3-7-11-18/h4-5,8-9,13,21H,3,6-7,10-11H2,1-2H3. The van der Waals surface area contributed by atoms with Crippen molar-refractivity contribution < 1.29 is 19.4 Å². The number of carbonyl (C=O) groups excluding carboxylic acids is 2. The second-order valence-corrected chi connectivity index (χ2v) is 6.17. The normalized spacial score (nSPS) is 17.4. The van der Waals surface area contributed by atoms with Crippen LogP contribution in [0.2, 0.25) is 0 Å². The molecule has 1 aliphatic rings. The molecule has 6 heteroatoms. The molecule has 1 saturated carbocycles. The van der Waals surface area contributed by atoms with Crippen LogP contribution in [0.15, 0.2) is 24.3 Å². The Balaban J connectivity index is 2.07. The molecule has 0 aliphatic heterocycles. The predicted molar refractivity (Wildman–Crippen MR) is 87.2 cm³/mol. The third kappa shape index (κ3) is 3.51. The van der Waals surface area contributed by atoms with Gasteiger partial charge >= 0.3 is 5.97 Å². The lowest BCUT2D eigenvalue weighted by atomic mass is 9.81. The number of likely N-dealkylation sites (N-methyl/N-ethyl adjacent to an activating group) is 1. The van der Waals surface area contributed by atoms with Gasteiger partial charge in [0.2, 0.25) is 0 Å². The van der Waals surface area contributed by atoms with Gasteiger partial charge in [-0.1, -0.05) is 31.4 Å². The highest BCUT2D eigenvalue weighted by molar-refractivity contribution is 5.94. The van der Waals surface area contributed by atoms with Crippen molar-refractivity contribution >= 4 is 11.9 Å². The van der Waals surface area contributed by atoms with Gasteiger partial charge in [-0.3, -0.25) is 4.79 Å². The lowest BCUT2D eigenvalue weighted by molar-refractivity contribution is -0.143. The summed E-state index contributed by atoms with van der Waals surface area (Å²) in [6.07, 6.45) is 3.09. The summed E-state index contributed by atoms with van der Waals surface area (Å²) in [7, 11) is 1.58. The summed E-state index contributed by atoms with van der Waals surface area (Å²) < 4.78 is 5.18. The zero-order chi connectivity index (χ0) is 17.7. The number of hydrogen-bond donors (Lipinski definition) is 1. The van der Waals surface area contributed by atoms with Gasteiger partial charge in [0.05, 0.1) is 6.07 Å². The van der Waals surface area contributed by atoms with Crippen LogP contribution in [0.3, 0.4) is 0 Å². The van der Waals surface area contributed by atoms with Crippen LogP contribution in [0.25, 0.3) is 0 Å². The molecule has 1 N–H and O–H groups in total. The minimum Gasteiger partial charge on any atom is -0.507 e. The molecule has 0 aromatic heterocycles. The summed E-state index contributed by atoms with van der Waals surface area (Å²) in [5, 5.41) is 19.2. The lowest BCUT2D eigenvalue weighted by Crippen LogP contribution is -2.53. The first kappa shape index (κ1) is 17.8. The highest BCUT2D eigenvalue weighted by Crippen LogP contribution is 2.33. The molecule has 0 radical (unpaired) electrons. The number of phenols is 1. The van der Waals surface area contributed by atoms with E-state index in [1.807, 2.05) is 0 Å². The Morgan fingerprint density at radius 2 is 1.92 bits per heavy atom. The van der Waals surface area contributed by atoms with Gasteiger partial charge in [0, 0.05) is 7.05 Å². The number of phenolic OH excluding ortho intramolecular Hbond substituents is 1. The van der Waals surface area contributed by atoms with Crippen LogP contribution in [0.1, 0.15) is 49.4 Å². The van der Waals surface area contributed by atoms with Crippen LogP contribution in [0, 0.1) is 11.3 Å². The summed E-state index contributed by atoms with van der Waals surface area (Å²) >= 11 is 0. The van der Waals surface area contributed by atoms with Crippen molar-refractivity contribution in [3.05, 3.63) is 29.8 Å². The Bertz CT molecular complexity index is 659. The van der Waals surface area contributed by atoms with Crippen LogP contribution in [-0.4, -0.2) is 40.6 Å². The summed E-state index contributed by atoms with van der Waals surface area (Å²) in [5.41, 5.74) is -0.822. The van der Waals surface area contributed by atoms with Crippen molar-refractivity contribution in [1.29, 1.82) is 5.26 Å². The van der Waals surface area contributed by atoms with E-state index in [0.29, 0.717) is 12.8 Å². The van der Waals surface area contributed by atoms with Gasteiger partial charge in [-0.05, 0) is 31.9 Å². The molecule has 1 aromatic carbocycles. The summed E-state index contributed by atoms with van der Waals surface area (Å²) in [4.78, 5) is 26.1. The quantitative estimate of drug-likeness (QED) is 0.857. The van der Waals surface area contributed by atoms with E-state index in [1.165, 1.54) is 24.0 Å². The van der Waals surface area contributed by atoms with Crippen molar-refractivity contribution in [2.75, 3.05) is 7.05 Å². The molecule has 1 atom stereocenters. The number of benzene rings is 1. The fraction of sp³-hybridized carbons (Fsp3) is 0.500. The van der Waals surface area contributed by atoms with Crippen molar-refractivity contribution in [1.82, 2.24) is 4.90 Å². The average Bonchev–Trinajstić information content (AvgIpc) is 2.61. The lowest BCUT2D eigenvalue weighted by Gasteiger charge is -2.39. The molecular formula is C18H22N2O4. The monoisotopic (exact) mass is 330 g/mol. The number of nitrogens with zero attached hydrogens (tertiary/aromatic N) is 2. The number of aromatic hydroxyl groups is 1. The van der Waals surface area contributed by atoms with Crippen molar-refractivity contribution in [2.45, 2.75) is 50.7 Å². The van der Waals surface area contributed by atoms with Gasteiger partial charge in [-0.15, -0.1) is 0 Å². The Morgan fingerprint density at radius 1 is 1.29 bits per heavy atom. The number of para-hydroxylation sites is 1. The molecule has 1 amide bonds. The van der Waals surface area contributed by atoms with Crippen molar-refractivity contribution in [2.24, 2.45) is 0 Å². The number of ether oxygens (including phenoxy) is 1. The van der Waals surface area contributed by atoms with E-state index in [0.717, 1.165) is 19.3 Å². The maximum Gasteiger partial charge on any atom is 0.342 e. The van der Waals surface area contributed by atoms with E-state index in [9.17, 15) is 20.0 Å². The number of esters is 1. The van der Waals surface area contributed by atoms with E-state index in [1.54, 1.807) is 19.2 Å². The molecule has 0 spiro atoms. The first-order chi connectivity index (χ1) is 11.4. The van der Waals surface area contributed by atoms with Gasteiger partial charge in [-0.25, -0.2) is 4.79 Å². The van der Waals surface area contributed by atoms with Crippen LogP contribution < -0.4 is 0 Å². The SMILES string of the molecule is CC(OC(=O)c1ccccc1O)C(=O)N(C)C1(C#N)CCCCC1. The van der Waals surface area contributed by atoms with Crippen molar-refractivity contribution in [3.8, 4) is 11.8 Å². The molecule has 1 aromatic rings. The first-order valence-electron chi connectivity index (χ1n) is 8.09. The van der Waals surface area contributed by atoms with Gasteiger partial charge in [0.15, 0.2) is 6.10 Å². The van der Waals surface area contributed by atoms with Crippen LogP contribution in [0.5, 0.6) is 5.75 Å². The Kier molecular flexibility index (Phi) is 5.45. The van der Waals surface area contributed by atoms with Crippen LogP contribution in [0.4, 0.5) is 0 Å². The minimum absolute atomic E-state index is 0.00691. The highest BCUT2D eigenvalue weighted by atomic mass is 16.5. The van der Waals surface area contributed by atoms with E-state index < -0.39 is 23.5 Å². The molecule has 0 heterocycles. The van der Waals surface area contributed by atoms with Crippen LogP contribution in [-0.2, 0) is 9.53 Å². The molecule has 6 nitrogen and oxygen atoms in total. The van der Waals surface area contributed by atoms with E-state index >= 15 is 0 Å². The Labute approximate surface area is 141 Å². The predicted octanol–water partition coefficient (Wildman–Crippen LogP) is 2.62. The molecule has 1 fully saturated rings. The maximum absolute atomic E-state index is 12.6. The smallest absolute Gasteiger partial charge is 0.342 e. The largest absolute Gasteiger partial charge is 0.507 e. The third-order valence-electron chi connectivity index (χ3n) is 4.62. The summed E-state index contributed by atoms with van der Waals surface area (Å²) in [6.45, 7) is 1.48. The number of nitriles is 1. The van der Waals surface area contributed by atoms with Gasteiger partial charge in [0.1, 0.15) is 16.9 Å². The number of rotatable bonds is 4. The highest BCUT2D eigenvalue weighted by Gasteiger charge is 2.40. The van der Waals surface area contributed by atoms with Crippen molar-refractivity contribution in [3.63, 3.8) is 0 Å². The molecule has 24 heavy (non-hydrogen) atoms. The Hall–Kier alpha value is -2.55. The number of hydrogen-bond acceptors (Lipinski definition) is 5. The first-order valence-corrected chi connectivity index (χ1v) is 8.09. The molecule has 2 rings (SSSR count). The topological polar surface area (TPSA) is 90.6 Å². The van der Waals surface area contributed by atoms with E-state index in [2.05, 4.69) is 6.07 Å². The molecule has 0 saturated heterocycles. The Morgan fingerprint density at radius 3 is 2.50 bits per heavy atom. The molecule has 0 bridgehead atoms. The third-order valence-corrected chi connectivity index (χ3v) is 4.62. The van der Waals surface area contributed by atoms with Gasteiger partial charge in [0.25, 0.3) is 5.91 Å². The minimum atomic E-state index is -1.03. The number of amides is 1. The van der Waals surface area contributed by atoms with E-state index in [4.69, 9.17) is 4.74 Å². The molecule has 1 aliphatic carbocycles. The second-order valence-electron chi connectivity index (χ2n) is 6.17. The zero-order valence-corrected chi connectivity index (χ0v) is 14.0. The number of carbonyl (C=O) groups is 2. The van der Waals surface area contributed by atoms with Gasteiger partial charge < -0.3 is 14.7 Å². The fourth-order valence-electron chi connectivity index (χ4n) is 3.06. The second kappa shape index (κ2) is 7.35. The van der Waals surface area contributed by atoms with Gasteiger partial charge in [-0.2, -0.15) is 5.26 Å². The summed E-state index contributed by atoms with van der Waals surface area (Å²) in [6, 6.07) is 8.27. The van der Waals surface area contributed by atoms with E-state index in [-0.39, 0.29) is 11.3 Å². The maximum atomic E-state index is 12.6. The average molecular weight is 330 g/mol. The summed E-state index contributed by atoms with van der Waals surface area (Å²) in [5.74, 6) is -1.38. The fourth-order valence-corrected chi connectivity index (χ4v) is 3.06. The molecular weight excluding hydrogens is 308 g/mol. The molecule has 1 unspecified atom stereocenters. The molecule has 128 valence electrons. The zero-order valence-electron chi connectivity index (χ0n) is 14.0.